The van der Waals surface area contributed by atoms with Crippen molar-refractivity contribution in [2.75, 3.05) is 10.6 Å². The van der Waals surface area contributed by atoms with Crippen LogP contribution in [0, 0.1) is 6.92 Å². The summed E-state index contributed by atoms with van der Waals surface area (Å²) in [5.74, 6) is 2.33. The molecule has 0 atom stereocenters. The summed E-state index contributed by atoms with van der Waals surface area (Å²) < 4.78 is 15.2. The van der Waals surface area contributed by atoms with E-state index in [0.717, 1.165) is 22.6 Å². The first-order valence-corrected chi connectivity index (χ1v) is 11.6. The van der Waals surface area contributed by atoms with E-state index in [4.69, 9.17) is 9.47 Å². The average molecular weight is 500 g/mol. The molecule has 0 aliphatic rings. The molecule has 0 radical (unpaired) electrons. The van der Waals surface area contributed by atoms with Crippen LogP contribution in [0.5, 0.6) is 11.5 Å². The summed E-state index contributed by atoms with van der Waals surface area (Å²) in [6, 6.07) is 11.3. The fourth-order valence-corrected chi connectivity index (χ4v) is 3.73. The van der Waals surface area contributed by atoms with Crippen LogP contribution in [0.15, 0.2) is 61.4 Å². The summed E-state index contributed by atoms with van der Waals surface area (Å²) in [5.41, 5.74) is 2.56. The molecule has 5 rings (SSSR count). The van der Waals surface area contributed by atoms with Crippen molar-refractivity contribution in [2.45, 2.75) is 33.3 Å². The molecule has 0 saturated heterocycles. The van der Waals surface area contributed by atoms with Crippen molar-refractivity contribution in [3.8, 4) is 11.5 Å². The Morgan fingerprint density at radius 3 is 2.68 bits per heavy atom. The van der Waals surface area contributed by atoms with E-state index < -0.39 is 11.7 Å². The molecule has 0 aliphatic heterocycles. The lowest BCUT2D eigenvalue weighted by molar-refractivity contribution is -0.739. The van der Waals surface area contributed by atoms with Crippen molar-refractivity contribution < 1.29 is 19.0 Å². The summed E-state index contributed by atoms with van der Waals surface area (Å²) in [5, 5.41) is 6.68. The van der Waals surface area contributed by atoms with Crippen LogP contribution in [-0.2, 0) is 11.8 Å². The van der Waals surface area contributed by atoms with E-state index in [9.17, 15) is 4.79 Å². The molecule has 1 aromatic carbocycles. The number of ether oxygens (including phenoxy) is 2. The van der Waals surface area contributed by atoms with Gasteiger partial charge in [-0.15, -0.1) is 4.52 Å². The van der Waals surface area contributed by atoms with Crippen LogP contribution in [-0.4, -0.2) is 36.1 Å². The Balaban J connectivity index is 1.35. The van der Waals surface area contributed by atoms with E-state index >= 15 is 0 Å². The average Bonchev–Trinajstić information content (AvgIpc) is 3.20. The molecule has 0 spiro atoms. The van der Waals surface area contributed by atoms with Crippen LogP contribution in [0.4, 0.5) is 22.1 Å². The van der Waals surface area contributed by atoms with Gasteiger partial charge in [-0.3, -0.25) is 5.32 Å². The second-order valence-corrected chi connectivity index (χ2v) is 9.53. The number of aryl methyl sites for hydroxylation is 2. The maximum Gasteiger partial charge on any atom is 0.413 e. The first-order chi connectivity index (χ1) is 17.6. The lowest BCUT2D eigenvalue weighted by Crippen LogP contribution is -2.33. The van der Waals surface area contributed by atoms with Crippen LogP contribution in [0.2, 0.25) is 0 Å². The summed E-state index contributed by atoms with van der Waals surface area (Å²) in [4.78, 5) is 29.5. The molecule has 0 unspecified atom stereocenters. The molecule has 0 fully saturated rings. The van der Waals surface area contributed by atoms with Gasteiger partial charge in [0.15, 0.2) is 0 Å². The summed E-state index contributed by atoms with van der Waals surface area (Å²) in [7, 11) is 1.92. The lowest BCUT2D eigenvalue weighted by atomic mass is 10.2. The van der Waals surface area contributed by atoms with Crippen LogP contribution in [0.1, 0.15) is 26.3 Å². The minimum atomic E-state index is -0.616. The lowest BCUT2D eigenvalue weighted by Gasteiger charge is -2.19. The van der Waals surface area contributed by atoms with Crippen molar-refractivity contribution in [1.29, 1.82) is 0 Å². The zero-order valence-electron chi connectivity index (χ0n) is 21.2. The second-order valence-electron chi connectivity index (χ2n) is 9.53. The Bertz CT molecular complexity index is 1620. The molecule has 0 aliphatic carbocycles. The zero-order valence-corrected chi connectivity index (χ0v) is 21.2. The van der Waals surface area contributed by atoms with Crippen molar-refractivity contribution in [1.82, 2.24) is 24.5 Å². The Kier molecular flexibility index (Phi) is 6.04. The van der Waals surface area contributed by atoms with Crippen molar-refractivity contribution in [3.05, 3.63) is 67.0 Å². The van der Waals surface area contributed by atoms with Crippen LogP contribution >= 0.6 is 0 Å². The van der Waals surface area contributed by atoms with Gasteiger partial charge in [0.1, 0.15) is 42.1 Å². The molecular weight excluding hydrogens is 472 g/mol. The van der Waals surface area contributed by atoms with E-state index in [1.165, 1.54) is 6.33 Å². The third-order valence-electron chi connectivity index (χ3n) is 5.40. The number of aromatic nitrogens is 6. The predicted molar refractivity (Wildman–Crippen MR) is 138 cm³/mol. The first kappa shape index (κ1) is 23.9. The standard InChI is InChI=1S/C26H26N8O3/c1-16-10-17(6-7-21(16)36-18-8-9-34-23(11-18)30-15-33(34)5)31-24-19-12-22(27-13-20(19)28-14-29-24)32-25(35)37-26(2,3)4/h6-15H,1-5H3,(H-,27,28,29,31,32,35)/p+1. The number of hydrogen-bond acceptors (Lipinski definition) is 8. The maximum absolute atomic E-state index is 12.2. The number of hydrogen-bond donors (Lipinski definition) is 2. The Labute approximate surface area is 213 Å². The van der Waals surface area contributed by atoms with Crippen LogP contribution < -0.4 is 20.1 Å². The number of fused-ring (bicyclic) bond motifs is 2. The van der Waals surface area contributed by atoms with Crippen molar-refractivity contribution >= 4 is 40.0 Å². The number of anilines is 3. The molecule has 11 heteroatoms. The highest BCUT2D eigenvalue weighted by Crippen LogP contribution is 2.30. The van der Waals surface area contributed by atoms with Crippen LogP contribution in [0.25, 0.3) is 16.6 Å². The van der Waals surface area contributed by atoms with Gasteiger partial charge in [0.05, 0.1) is 24.0 Å². The molecule has 4 heterocycles. The smallest absolute Gasteiger partial charge is 0.413 e. The van der Waals surface area contributed by atoms with E-state index in [1.807, 2.05) is 59.7 Å². The number of benzene rings is 1. The maximum atomic E-state index is 12.2. The highest BCUT2D eigenvalue weighted by atomic mass is 16.6. The topological polar surface area (TPSA) is 119 Å². The number of carbonyl (C=O) groups excluding carboxylic acids is 1. The second kappa shape index (κ2) is 9.34. The van der Waals surface area contributed by atoms with E-state index in [1.54, 1.807) is 39.4 Å². The van der Waals surface area contributed by atoms with Crippen LogP contribution in [0.3, 0.4) is 0 Å². The van der Waals surface area contributed by atoms with Gasteiger partial charge in [0.25, 0.3) is 5.65 Å². The molecular formula is C26H27N8O3+. The molecule has 4 aromatic heterocycles. The summed E-state index contributed by atoms with van der Waals surface area (Å²) >= 11 is 0. The fourth-order valence-electron chi connectivity index (χ4n) is 3.73. The predicted octanol–water partition coefficient (Wildman–Crippen LogP) is 4.69. The molecule has 11 nitrogen and oxygen atoms in total. The highest BCUT2D eigenvalue weighted by Gasteiger charge is 2.17. The minimum absolute atomic E-state index is 0.336. The number of amides is 1. The van der Waals surface area contributed by atoms with Gasteiger partial charge in [-0.1, -0.05) is 0 Å². The third kappa shape index (κ3) is 5.40. The monoisotopic (exact) mass is 499 g/mol. The quantitative estimate of drug-likeness (QED) is 0.334. The highest BCUT2D eigenvalue weighted by molar-refractivity contribution is 5.94. The number of carbonyl (C=O) groups is 1. The molecule has 5 aromatic rings. The van der Waals surface area contributed by atoms with Gasteiger partial charge in [-0.2, -0.15) is 4.68 Å². The number of rotatable bonds is 5. The number of nitrogens with one attached hydrogen (secondary N) is 2. The first-order valence-electron chi connectivity index (χ1n) is 11.6. The Hall–Kier alpha value is -4.80. The SMILES string of the molecule is Cc1cc(Nc2ncnc3cnc(NC(=O)OC(C)(C)C)cc23)ccc1Oc1ccn2c(c1)nc[n+]2C. The number of nitrogens with zero attached hydrogens (tertiary/aromatic N) is 6. The zero-order chi connectivity index (χ0) is 26.2. The molecule has 2 N–H and O–H groups in total. The van der Waals surface area contributed by atoms with Gasteiger partial charge in [-0.25, -0.2) is 19.7 Å². The normalized spacial score (nSPS) is 11.5. The summed E-state index contributed by atoms with van der Waals surface area (Å²) in [6.45, 7) is 7.37. The van der Waals surface area contributed by atoms with Gasteiger partial charge in [0, 0.05) is 17.1 Å². The van der Waals surface area contributed by atoms with E-state index in [-0.39, 0.29) is 0 Å². The van der Waals surface area contributed by atoms with Gasteiger partial charge in [0.2, 0.25) is 0 Å². The molecule has 0 saturated carbocycles. The van der Waals surface area contributed by atoms with Gasteiger partial charge in [-0.05, 0) is 62.5 Å². The van der Waals surface area contributed by atoms with Gasteiger partial charge < -0.3 is 14.8 Å². The molecule has 188 valence electrons. The van der Waals surface area contributed by atoms with E-state index in [2.05, 4.69) is 30.6 Å². The molecule has 0 bridgehead atoms. The van der Waals surface area contributed by atoms with E-state index in [0.29, 0.717) is 28.3 Å². The third-order valence-corrected chi connectivity index (χ3v) is 5.40. The Morgan fingerprint density at radius 1 is 1.05 bits per heavy atom. The molecule has 37 heavy (non-hydrogen) atoms. The Morgan fingerprint density at radius 2 is 1.89 bits per heavy atom. The number of pyridine rings is 2. The van der Waals surface area contributed by atoms with Gasteiger partial charge >= 0.3 is 12.4 Å². The largest absolute Gasteiger partial charge is 0.457 e. The molecule has 1 amide bonds. The van der Waals surface area contributed by atoms with Crippen molar-refractivity contribution in [3.63, 3.8) is 0 Å². The fraction of sp³-hybridized carbons (Fsp3) is 0.231. The minimum Gasteiger partial charge on any atom is -0.457 e. The summed E-state index contributed by atoms with van der Waals surface area (Å²) in [6.07, 6.45) is 6.10. The van der Waals surface area contributed by atoms with Crippen molar-refractivity contribution in [2.24, 2.45) is 7.05 Å².